The second kappa shape index (κ2) is 7.09. The van der Waals surface area contributed by atoms with Crippen molar-refractivity contribution in [2.45, 2.75) is 31.7 Å². The minimum atomic E-state index is -4.41. The number of carbonyl (C=O) groups excluding carboxylic acids is 1. The molecule has 166 valence electrons. The van der Waals surface area contributed by atoms with Crippen molar-refractivity contribution in [3.8, 4) is 5.69 Å². The number of rotatable bonds is 2. The number of aryl methyl sites for hydroxylation is 1. The molecule has 1 N–H and O–H groups in total. The van der Waals surface area contributed by atoms with Gasteiger partial charge in [-0.05, 0) is 55.8 Å². The molecule has 1 aliphatic heterocycles. The van der Waals surface area contributed by atoms with Crippen LogP contribution in [0, 0.1) is 0 Å². The summed E-state index contributed by atoms with van der Waals surface area (Å²) in [6.07, 6.45) is -2.57. The smallest absolute Gasteiger partial charge is 0.391 e. The fourth-order valence-corrected chi connectivity index (χ4v) is 4.46. The number of likely N-dealkylation sites (tertiary alicyclic amines) is 1. The van der Waals surface area contributed by atoms with Crippen LogP contribution in [0.4, 0.5) is 13.2 Å². The number of aliphatic hydroxyl groups is 1. The Hall–Kier alpha value is -3.33. The molecule has 0 spiro atoms. The highest BCUT2D eigenvalue weighted by molar-refractivity contribution is 6.10. The number of nitrogens with zero attached hydrogens (tertiary/aromatic N) is 4. The summed E-state index contributed by atoms with van der Waals surface area (Å²) >= 11 is 0. The van der Waals surface area contributed by atoms with Crippen LogP contribution in [0.5, 0.6) is 0 Å². The Kier molecular flexibility index (Phi) is 4.56. The number of hydrogen-bond acceptors (Lipinski definition) is 3. The zero-order valence-corrected chi connectivity index (χ0v) is 17.5. The van der Waals surface area contributed by atoms with Crippen molar-refractivity contribution in [2.24, 2.45) is 7.05 Å². The molecular formula is C23H21F3N4O2. The average molecular weight is 442 g/mol. The Morgan fingerprint density at radius 1 is 1.12 bits per heavy atom. The zero-order chi connectivity index (χ0) is 22.8. The van der Waals surface area contributed by atoms with Gasteiger partial charge in [0.2, 0.25) is 0 Å². The van der Waals surface area contributed by atoms with Crippen molar-refractivity contribution in [2.75, 3.05) is 6.54 Å². The maximum absolute atomic E-state index is 13.1. The van der Waals surface area contributed by atoms with Crippen molar-refractivity contribution in [3.63, 3.8) is 0 Å². The van der Waals surface area contributed by atoms with Crippen LogP contribution in [0.2, 0.25) is 0 Å². The standard InChI is InChI=1S/C23H21F3N4O2/c1-13-20(31)9-10-29(13)22(32)14-3-8-19-17(11-14)18-12-28(2)27-21(18)30(19)16-6-4-15(5-7-16)23(24,25)26/h3-8,11-13,20,31H,9-10H2,1-2H3/t13-,20+/m0/s1. The summed E-state index contributed by atoms with van der Waals surface area (Å²) in [5, 5.41) is 16.1. The molecule has 4 aromatic rings. The van der Waals surface area contributed by atoms with Crippen molar-refractivity contribution >= 4 is 27.8 Å². The first kappa shape index (κ1) is 20.6. The van der Waals surface area contributed by atoms with Crippen LogP contribution in [0.3, 0.4) is 0 Å². The molecule has 6 nitrogen and oxygen atoms in total. The number of amides is 1. The molecule has 2 aromatic carbocycles. The van der Waals surface area contributed by atoms with Crippen LogP contribution >= 0.6 is 0 Å². The van der Waals surface area contributed by atoms with Gasteiger partial charge >= 0.3 is 6.18 Å². The van der Waals surface area contributed by atoms with Gasteiger partial charge in [-0.1, -0.05) is 0 Å². The van der Waals surface area contributed by atoms with Crippen molar-refractivity contribution in [3.05, 3.63) is 59.8 Å². The third kappa shape index (κ3) is 3.15. The predicted octanol–water partition coefficient (Wildman–Crippen LogP) is 4.13. The number of aliphatic hydroxyl groups excluding tert-OH is 1. The molecule has 9 heteroatoms. The van der Waals surface area contributed by atoms with Crippen LogP contribution in [0.1, 0.15) is 29.3 Å². The number of benzene rings is 2. The van der Waals surface area contributed by atoms with E-state index in [1.807, 2.05) is 13.1 Å². The summed E-state index contributed by atoms with van der Waals surface area (Å²) in [6, 6.07) is 9.97. The second-order valence-corrected chi connectivity index (χ2v) is 8.25. The highest BCUT2D eigenvalue weighted by Gasteiger charge is 2.33. The molecule has 0 aliphatic carbocycles. The van der Waals surface area contributed by atoms with E-state index in [0.717, 1.165) is 28.4 Å². The lowest BCUT2D eigenvalue weighted by molar-refractivity contribution is -0.137. The van der Waals surface area contributed by atoms with E-state index in [1.165, 1.54) is 12.1 Å². The van der Waals surface area contributed by atoms with Gasteiger partial charge in [-0.15, -0.1) is 0 Å². The van der Waals surface area contributed by atoms with E-state index < -0.39 is 17.8 Å². The molecule has 1 saturated heterocycles. The minimum Gasteiger partial charge on any atom is -0.391 e. The predicted molar refractivity (Wildman–Crippen MR) is 114 cm³/mol. The highest BCUT2D eigenvalue weighted by atomic mass is 19.4. The first-order chi connectivity index (χ1) is 15.1. The first-order valence-electron chi connectivity index (χ1n) is 10.3. The monoisotopic (exact) mass is 442 g/mol. The summed E-state index contributed by atoms with van der Waals surface area (Å²) in [5.41, 5.74) is 1.66. The minimum absolute atomic E-state index is 0.157. The van der Waals surface area contributed by atoms with Gasteiger partial charge in [0.25, 0.3) is 5.91 Å². The molecule has 0 unspecified atom stereocenters. The molecule has 2 aromatic heterocycles. The summed E-state index contributed by atoms with van der Waals surface area (Å²) in [7, 11) is 1.77. The molecule has 0 radical (unpaired) electrons. The van der Waals surface area contributed by atoms with Crippen LogP contribution in [-0.4, -0.2) is 49.0 Å². The van der Waals surface area contributed by atoms with Gasteiger partial charge in [0.05, 0.1) is 23.2 Å². The van der Waals surface area contributed by atoms with E-state index in [-0.39, 0.29) is 11.9 Å². The van der Waals surface area contributed by atoms with Gasteiger partial charge in [-0.2, -0.15) is 18.3 Å². The number of aromatic nitrogens is 3. The van der Waals surface area contributed by atoms with Gasteiger partial charge in [0, 0.05) is 41.8 Å². The van der Waals surface area contributed by atoms with E-state index >= 15 is 0 Å². The van der Waals surface area contributed by atoms with E-state index in [1.54, 1.807) is 39.4 Å². The molecule has 0 saturated carbocycles. The Morgan fingerprint density at radius 3 is 2.47 bits per heavy atom. The van der Waals surface area contributed by atoms with E-state index in [9.17, 15) is 23.1 Å². The molecule has 32 heavy (non-hydrogen) atoms. The molecule has 5 rings (SSSR count). The highest BCUT2D eigenvalue weighted by Crippen LogP contribution is 2.34. The Balaban J connectivity index is 1.64. The second-order valence-electron chi connectivity index (χ2n) is 8.25. The quantitative estimate of drug-likeness (QED) is 0.508. The number of carbonyl (C=O) groups is 1. The summed E-state index contributed by atoms with van der Waals surface area (Å²) in [6.45, 7) is 2.32. The summed E-state index contributed by atoms with van der Waals surface area (Å²) < 4.78 is 42.4. The largest absolute Gasteiger partial charge is 0.416 e. The van der Waals surface area contributed by atoms with Gasteiger partial charge in [-0.25, -0.2) is 0 Å². The Morgan fingerprint density at radius 2 is 1.84 bits per heavy atom. The number of alkyl halides is 3. The maximum Gasteiger partial charge on any atom is 0.416 e. The molecule has 3 heterocycles. The lowest BCUT2D eigenvalue weighted by atomic mass is 10.1. The Bertz CT molecular complexity index is 1340. The molecule has 1 aliphatic rings. The van der Waals surface area contributed by atoms with E-state index in [0.29, 0.717) is 29.9 Å². The van der Waals surface area contributed by atoms with Crippen LogP contribution in [0.25, 0.3) is 27.6 Å². The third-order valence-corrected chi connectivity index (χ3v) is 6.22. The number of halogens is 3. The zero-order valence-electron chi connectivity index (χ0n) is 17.5. The lowest BCUT2D eigenvalue weighted by Crippen LogP contribution is -2.37. The van der Waals surface area contributed by atoms with Crippen LogP contribution in [-0.2, 0) is 13.2 Å². The lowest BCUT2D eigenvalue weighted by Gasteiger charge is -2.22. The fourth-order valence-electron chi connectivity index (χ4n) is 4.46. The normalized spacial score (nSPS) is 19.4. The fraction of sp³-hybridized carbons (Fsp3) is 0.304. The van der Waals surface area contributed by atoms with Crippen molar-refractivity contribution < 1.29 is 23.1 Å². The van der Waals surface area contributed by atoms with Gasteiger partial charge < -0.3 is 10.0 Å². The maximum atomic E-state index is 13.1. The van der Waals surface area contributed by atoms with Gasteiger partial charge in [-0.3, -0.25) is 14.0 Å². The summed E-state index contributed by atoms with van der Waals surface area (Å²) in [4.78, 5) is 14.7. The molecule has 1 amide bonds. The van der Waals surface area contributed by atoms with Crippen molar-refractivity contribution in [1.29, 1.82) is 0 Å². The number of fused-ring (bicyclic) bond motifs is 3. The average Bonchev–Trinajstić information content (AvgIpc) is 3.38. The number of hydrogen-bond donors (Lipinski definition) is 1. The molecule has 0 bridgehead atoms. The third-order valence-electron chi connectivity index (χ3n) is 6.22. The van der Waals surface area contributed by atoms with Crippen molar-refractivity contribution in [1.82, 2.24) is 19.2 Å². The van der Waals surface area contributed by atoms with Crippen LogP contribution < -0.4 is 0 Å². The Labute approximate surface area is 181 Å². The molecular weight excluding hydrogens is 421 g/mol. The van der Waals surface area contributed by atoms with E-state index in [2.05, 4.69) is 5.10 Å². The van der Waals surface area contributed by atoms with Crippen LogP contribution in [0.15, 0.2) is 48.7 Å². The first-order valence-corrected chi connectivity index (χ1v) is 10.3. The summed E-state index contributed by atoms with van der Waals surface area (Å²) in [5.74, 6) is -0.157. The topological polar surface area (TPSA) is 63.3 Å². The SMILES string of the molecule is C[C@H]1[C@H](O)CCN1C(=O)c1ccc2c(c1)c1cn(C)nc1n2-c1ccc(C(F)(F)F)cc1. The molecule has 1 fully saturated rings. The van der Waals surface area contributed by atoms with Gasteiger partial charge in [0.1, 0.15) is 0 Å². The van der Waals surface area contributed by atoms with E-state index in [4.69, 9.17) is 0 Å². The van der Waals surface area contributed by atoms with Gasteiger partial charge in [0.15, 0.2) is 5.65 Å². The molecule has 2 atom stereocenters.